The number of carboxylic acids is 1. The topological polar surface area (TPSA) is 110 Å². The molecule has 134 valence electrons. The van der Waals surface area contributed by atoms with E-state index in [2.05, 4.69) is 4.72 Å². The van der Waals surface area contributed by atoms with Gasteiger partial charge in [0.1, 0.15) is 6.04 Å². The van der Waals surface area contributed by atoms with Crippen molar-refractivity contribution in [3.63, 3.8) is 0 Å². The Morgan fingerprint density at radius 1 is 1.17 bits per heavy atom. The van der Waals surface area contributed by atoms with Gasteiger partial charge in [-0.2, -0.15) is 4.72 Å². The van der Waals surface area contributed by atoms with Crippen LogP contribution < -0.4 is 4.72 Å². The van der Waals surface area contributed by atoms with Crippen LogP contribution in [-0.4, -0.2) is 37.6 Å². The summed E-state index contributed by atoms with van der Waals surface area (Å²) >= 11 is 0. The van der Waals surface area contributed by atoms with Crippen molar-refractivity contribution in [1.82, 2.24) is 4.72 Å². The highest BCUT2D eigenvalue weighted by Gasteiger charge is 2.28. The Morgan fingerprint density at radius 2 is 1.75 bits per heavy atom. The second-order valence-corrected chi connectivity index (χ2v) is 7.83. The third kappa shape index (κ3) is 5.04. The number of carbonyl (C=O) groups is 2. The van der Waals surface area contributed by atoms with Crippen molar-refractivity contribution in [1.29, 1.82) is 0 Å². The predicted octanol–water partition coefficient (Wildman–Crippen LogP) is 1.95. The quantitative estimate of drug-likeness (QED) is 0.722. The van der Waals surface area contributed by atoms with Gasteiger partial charge in [0.25, 0.3) is 0 Å². The molecule has 1 unspecified atom stereocenters. The van der Waals surface area contributed by atoms with Crippen LogP contribution in [0.1, 0.15) is 43.6 Å². The largest absolute Gasteiger partial charge is 0.480 e. The van der Waals surface area contributed by atoms with E-state index in [1.807, 2.05) is 0 Å². The fourth-order valence-electron chi connectivity index (χ4n) is 1.97. The monoisotopic (exact) mass is 357 g/mol. The molecule has 0 saturated heterocycles. The predicted molar refractivity (Wildman–Crippen MR) is 88.3 cm³/mol. The molecule has 1 aromatic rings. The SMILES string of the molecule is Cc1ccc(S(=O)(=O)NC(C(=O)O)C(C)C)cc1C(=O)OC(C)C. The van der Waals surface area contributed by atoms with Crippen LogP contribution in [0.5, 0.6) is 0 Å². The molecule has 8 heteroatoms. The molecule has 2 N–H and O–H groups in total. The molecule has 1 aromatic carbocycles. The first-order valence-electron chi connectivity index (χ1n) is 7.52. The molecule has 1 atom stereocenters. The number of hydrogen-bond donors (Lipinski definition) is 2. The standard InChI is InChI=1S/C16H23NO6S/c1-9(2)14(15(18)19)17-24(21,22)12-7-6-11(5)13(8-12)16(20)23-10(3)4/h6-10,14,17H,1-5H3,(H,18,19). The summed E-state index contributed by atoms with van der Waals surface area (Å²) < 4.78 is 32.1. The molecule has 0 amide bonds. The average molecular weight is 357 g/mol. The smallest absolute Gasteiger partial charge is 0.338 e. The van der Waals surface area contributed by atoms with E-state index in [1.165, 1.54) is 18.2 Å². The normalized spacial score (nSPS) is 13.1. The number of nitrogens with one attached hydrogen (secondary N) is 1. The fraction of sp³-hybridized carbons (Fsp3) is 0.500. The maximum Gasteiger partial charge on any atom is 0.338 e. The van der Waals surface area contributed by atoms with Crippen molar-refractivity contribution in [2.75, 3.05) is 0 Å². The Kier molecular flexibility index (Phi) is 6.50. The van der Waals surface area contributed by atoms with Crippen molar-refractivity contribution < 1.29 is 27.9 Å². The van der Waals surface area contributed by atoms with Crippen LogP contribution >= 0.6 is 0 Å². The van der Waals surface area contributed by atoms with Gasteiger partial charge >= 0.3 is 11.9 Å². The first kappa shape index (κ1) is 20.1. The summed E-state index contributed by atoms with van der Waals surface area (Å²) in [6, 6.07) is 2.74. The zero-order chi connectivity index (χ0) is 18.7. The molecular weight excluding hydrogens is 334 g/mol. The number of sulfonamides is 1. The summed E-state index contributed by atoms with van der Waals surface area (Å²) in [5.74, 6) is -2.33. The number of hydrogen-bond acceptors (Lipinski definition) is 5. The van der Waals surface area contributed by atoms with Gasteiger partial charge in [0.05, 0.1) is 16.6 Å². The van der Waals surface area contributed by atoms with E-state index < -0.39 is 33.9 Å². The van der Waals surface area contributed by atoms with Crippen molar-refractivity contribution in [2.45, 2.75) is 51.7 Å². The van der Waals surface area contributed by atoms with Gasteiger partial charge in [-0.25, -0.2) is 13.2 Å². The van der Waals surface area contributed by atoms with Gasteiger partial charge in [0.15, 0.2) is 0 Å². The molecule has 0 radical (unpaired) electrons. The van der Waals surface area contributed by atoms with Gasteiger partial charge in [-0.1, -0.05) is 19.9 Å². The lowest BCUT2D eigenvalue weighted by Gasteiger charge is -2.18. The molecular formula is C16H23NO6S. The molecule has 0 heterocycles. The Bertz CT molecular complexity index is 724. The van der Waals surface area contributed by atoms with Crippen molar-refractivity contribution >= 4 is 22.0 Å². The highest BCUT2D eigenvalue weighted by molar-refractivity contribution is 7.89. The molecule has 0 aliphatic heterocycles. The summed E-state index contributed by atoms with van der Waals surface area (Å²) in [7, 11) is -4.09. The summed E-state index contributed by atoms with van der Waals surface area (Å²) in [6.45, 7) is 8.24. The summed E-state index contributed by atoms with van der Waals surface area (Å²) in [5, 5.41) is 9.14. The third-order valence-electron chi connectivity index (χ3n) is 3.30. The zero-order valence-electron chi connectivity index (χ0n) is 14.4. The molecule has 1 rings (SSSR count). The lowest BCUT2D eigenvalue weighted by Crippen LogP contribution is -2.44. The lowest BCUT2D eigenvalue weighted by molar-refractivity contribution is -0.140. The van der Waals surface area contributed by atoms with E-state index in [4.69, 9.17) is 9.84 Å². The summed E-state index contributed by atoms with van der Waals surface area (Å²) in [6.07, 6.45) is -0.340. The van der Waals surface area contributed by atoms with Crippen molar-refractivity contribution in [2.24, 2.45) is 5.92 Å². The summed E-state index contributed by atoms with van der Waals surface area (Å²) in [5.41, 5.74) is 0.696. The van der Waals surface area contributed by atoms with E-state index in [0.29, 0.717) is 5.56 Å². The maximum absolute atomic E-state index is 12.4. The first-order valence-corrected chi connectivity index (χ1v) is 9.00. The van der Waals surface area contributed by atoms with E-state index >= 15 is 0 Å². The highest BCUT2D eigenvalue weighted by atomic mass is 32.2. The van der Waals surface area contributed by atoms with Crippen LogP contribution in [-0.2, 0) is 19.6 Å². The van der Waals surface area contributed by atoms with Crippen molar-refractivity contribution in [3.8, 4) is 0 Å². The minimum Gasteiger partial charge on any atom is -0.480 e. The van der Waals surface area contributed by atoms with Crippen LogP contribution in [0.15, 0.2) is 23.1 Å². The van der Waals surface area contributed by atoms with E-state index in [9.17, 15) is 18.0 Å². The van der Waals surface area contributed by atoms with Gasteiger partial charge in [-0.15, -0.1) is 0 Å². The second-order valence-electron chi connectivity index (χ2n) is 6.11. The first-order chi connectivity index (χ1) is 11.0. The molecule has 0 saturated carbocycles. The molecule has 0 fully saturated rings. The van der Waals surface area contributed by atoms with Crippen LogP contribution in [0.2, 0.25) is 0 Å². The Balaban J connectivity index is 3.21. The van der Waals surface area contributed by atoms with Gasteiger partial charge in [0, 0.05) is 0 Å². The molecule has 0 aliphatic carbocycles. The van der Waals surface area contributed by atoms with Gasteiger partial charge < -0.3 is 9.84 Å². The molecule has 0 aromatic heterocycles. The van der Waals surface area contributed by atoms with E-state index in [1.54, 1.807) is 34.6 Å². The number of ether oxygens (including phenoxy) is 1. The fourth-order valence-corrected chi connectivity index (χ4v) is 3.34. The van der Waals surface area contributed by atoms with Gasteiger partial charge in [0.2, 0.25) is 10.0 Å². The Labute approximate surface area is 142 Å². The average Bonchev–Trinajstić information content (AvgIpc) is 2.43. The molecule has 24 heavy (non-hydrogen) atoms. The molecule has 0 bridgehead atoms. The van der Waals surface area contributed by atoms with Crippen LogP contribution in [0.4, 0.5) is 0 Å². The summed E-state index contributed by atoms with van der Waals surface area (Å²) in [4.78, 5) is 23.1. The lowest BCUT2D eigenvalue weighted by atomic mass is 10.1. The molecule has 7 nitrogen and oxygen atoms in total. The zero-order valence-corrected chi connectivity index (χ0v) is 15.2. The van der Waals surface area contributed by atoms with Crippen LogP contribution in [0, 0.1) is 12.8 Å². The number of carboxylic acid groups (broad SMARTS) is 1. The Hall–Kier alpha value is -1.93. The number of esters is 1. The maximum atomic E-state index is 12.4. The number of carbonyl (C=O) groups excluding carboxylic acids is 1. The number of rotatable bonds is 7. The Morgan fingerprint density at radius 3 is 2.21 bits per heavy atom. The minimum atomic E-state index is -4.09. The molecule has 0 spiro atoms. The number of aliphatic carboxylic acids is 1. The van der Waals surface area contributed by atoms with Crippen molar-refractivity contribution in [3.05, 3.63) is 29.3 Å². The minimum absolute atomic E-state index is 0.128. The van der Waals surface area contributed by atoms with Crippen LogP contribution in [0.25, 0.3) is 0 Å². The van der Waals surface area contributed by atoms with Gasteiger partial charge in [-0.05, 0) is 44.4 Å². The third-order valence-corrected chi connectivity index (χ3v) is 4.74. The van der Waals surface area contributed by atoms with E-state index in [-0.39, 0.29) is 16.6 Å². The number of benzene rings is 1. The van der Waals surface area contributed by atoms with Crippen LogP contribution in [0.3, 0.4) is 0 Å². The van der Waals surface area contributed by atoms with E-state index in [0.717, 1.165) is 0 Å². The molecule has 0 aliphatic rings. The number of aryl methyl sites for hydroxylation is 1. The second kappa shape index (κ2) is 7.76. The highest BCUT2D eigenvalue weighted by Crippen LogP contribution is 2.18. The van der Waals surface area contributed by atoms with Gasteiger partial charge in [-0.3, -0.25) is 4.79 Å².